The van der Waals surface area contributed by atoms with Gasteiger partial charge in [-0.25, -0.2) is 0 Å². The molecule has 0 atom stereocenters. The fourth-order valence-electron chi connectivity index (χ4n) is 5.05. The summed E-state index contributed by atoms with van der Waals surface area (Å²) in [6.07, 6.45) is 0. The standard InChI is InChI=1S/12C6H6O.3Zr/c12*7-6-4-2-1-3-5-6;;;/h12*1-5,7H;;;/q;;;;;;;;;;;;3*+4/p-12. The molecule has 12 nitrogen and oxygen atoms in total. The van der Waals surface area contributed by atoms with Crippen LogP contribution in [0.15, 0.2) is 364 Å². The largest absolute Gasteiger partial charge is 4.00 e. The van der Waals surface area contributed by atoms with Gasteiger partial charge in [-0.05, 0) is 0 Å². The van der Waals surface area contributed by atoms with E-state index in [2.05, 4.69) is 0 Å². The van der Waals surface area contributed by atoms with Crippen LogP contribution in [0.5, 0.6) is 69.0 Å². The zero-order chi connectivity index (χ0) is 61.4. The van der Waals surface area contributed by atoms with E-state index in [0.29, 0.717) is 0 Å². The fraction of sp³-hybridized carbons (Fsp3) is 0. The molecule has 12 aromatic rings. The van der Waals surface area contributed by atoms with E-state index in [1.54, 1.807) is 146 Å². The van der Waals surface area contributed by atoms with E-state index in [9.17, 15) is 61.3 Å². The summed E-state index contributed by atoms with van der Waals surface area (Å²) in [5.41, 5.74) is 0. The van der Waals surface area contributed by atoms with Gasteiger partial charge in [0, 0.05) is 0 Å². The molecule has 0 aromatic heterocycles. The first-order valence-electron chi connectivity index (χ1n) is 25.4. The van der Waals surface area contributed by atoms with Gasteiger partial charge in [-0.15, -0.1) is 69.0 Å². The summed E-state index contributed by atoms with van der Waals surface area (Å²) in [5, 5.41) is 123. The molecule has 12 rings (SSSR count). The zero-order valence-corrected chi connectivity index (χ0v) is 54.4. The third-order valence-electron chi connectivity index (χ3n) is 8.92. The molecule has 0 unspecified atom stereocenters. The van der Waals surface area contributed by atoms with Crippen molar-refractivity contribution in [3.63, 3.8) is 0 Å². The Morgan fingerprint density at radius 1 is 0.0920 bits per heavy atom. The summed E-state index contributed by atoms with van der Waals surface area (Å²) in [6.45, 7) is 0. The minimum Gasteiger partial charge on any atom is -0.872 e. The number of hydrogen-bond acceptors (Lipinski definition) is 12. The molecule has 0 saturated heterocycles. The van der Waals surface area contributed by atoms with Crippen LogP contribution in [0.25, 0.3) is 0 Å². The molecule has 0 aliphatic carbocycles. The summed E-state index contributed by atoms with van der Waals surface area (Å²) in [4.78, 5) is 0. The second-order valence-corrected chi connectivity index (χ2v) is 15.8. The molecule has 15 heteroatoms. The Kier molecular flexibility index (Phi) is 55.4. The van der Waals surface area contributed by atoms with Crippen molar-refractivity contribution in [2.45, 2.75) is 0 Å². The van der Waals surface area contributed by atoms with Gasteiger partial charge in [0.05, 0.1) is 0 Å². The molecule has 0 N–H and O–H groups in total. The number of rotatable bonds is 0. The Morgan fingerprint density at radius 3 is 0.161 bits per heavy atom. The van der Waals surface area contributed by atoms with Crippen molar-refractivity contribution in [2.24, 2.45) is 0 Å². The Bertz CT molecular complexity index is 2430. The molecule has 432 valence electrons. The Hall–Kier alpha value is -9.11. The first kappa shape index (κ1) is 82.1. The molecule has 0 amide bonds. The predicted molar refractivity (Wildman–Crippen MR) is 311 cm³/mol. The maximum absolute atomic E-state index is 10.3. The van der Waals surface area contributed by atoms with E-state index in [1.807, 2.05) is 72.8 Å². The van der Waals surface area contributed by atoms with Crippen LogP contribution < -0.4 is 61.3 Å². The minimum absolute atomic E-state index is 0. The van der Waals surface area contributed by atoms with Gasteiger partial charge in [0.15, 0.2) is 0 Å². The Morgan fingerprint density at radius 2 is 0.138 bits per heavy atom. The fourth-order valence-corrected chi connectivity index (χ4v) is 5.05. The van der Waals surface area contributed by atoms with Crippen molar-refractivity contribution in [2.75, 3.05) is 0 Å². The topological polar surface area (TPSA) is 277 Å². The normalized spacial score (nSPS) is 8.28. The molecule has 87 heavy (non-hydrogen) atoms. The van der Waals surface area contributed by atoms with E-state index >= 15 is 0 Å². The monoisotopic (exact) mass is 1390 g/mol. The third-order valence-corrected chi connectivity index (χ3v) is 8.92. The molecule has 0 saturated carbocycles. The van der Waals surface area contributed by atoms with E-state index < -0.39 is 0 Å². The summed E-state index contributed by atoms with van der Waals surface area (Å²) < 4.78 is 0. The molecule has 0 radical (unpaired) electrons. The molecule has 0 aliphatic rings. The van der Waals surface area contributed by atoms with Crippen molar-refractivity contribution in [3.05, 3.63) is 364 Å². The van der Waals surface area contributed by atoms with Crippen LogP contribution >= 0.6 is 0 Å². The molecule has 0 heterocycles. The first-order chi connectivity index (χ1) is 40.7. The SMILES string of the molecule is [O-]c1ccccc1.[O-]c1ccccc1.[O-]c1ccccc1.[O-]c1ccccc1.[O-]c1ccccc1.[O-]c1ccccc1.[O-]c1ccccc1.[O-]c1ccccc1.[O-]c1ccccc1.[O-]c1ccccc1.[O-]c1ccccc1.[O-]c1ccccc1.[Zr+4].[Zr+4].[Zr+4]. The predicted octanol–water partition coefficient (Wildman–Crippen LogP) is 9.11. The van der Waals surface area contributed by atoms with Crippen molar-refractivity contribution in [1.29, 1.82) is 0 Å². The van der Waals surface area contributed by atoms with E-state index in [1.165, 1.54) is 146 Å². The van der Waals surface area contributed by atoms with Gasteiger partial charge in [0.1, 0.15) is 0 Å². The van der Waals surface area contributed by atoms with Gasteiger partial charge in [-0.2, -0.15) is 0 Å². The average molecular weight is 1390 g/mol. The van der Waals surface area contributed by atoms with Crippen molar-refractivity contribution < 1.29 is 140 Å². The Balaban J connectivity index is -0.000000882. The molecule has 0 spiro atoms. The second-order valence-electron chi connectivity index (χ2n) is 15.8. The minimum atomic E-state index is 0. The summed E-state index contributed by atoms with van der Waals surface area (Å²) in [5.74, 6) is 0.861. The smallest absolute Gasteiger partial charge is 0.872 e. The van der Waals surface area contributed by atoms with Crippen LogP contribution in [0.3, 0.4) is 0 Å². The van der Waals surface area contributed by atoms with Crippen LogP contribution in [0, 0.1) is 0 Å². The van der Waals surface area contributed by atoms with Crippen molar-refractivity contribution >= 4 is 0 Å². The average Bonchev–Trinajstić information content (AvgIpc) is 3.51. The maximum atomic E-state index is 10.3. The molecule has 0 aliphatic heterocycles. The van der Waals surface area contributed by atoms with E-state index in [4.69, 9.17) is 0 Å². The molecular weight excluding hydrogens is 1330 g/mol. The van der Waals surface area contributed by atoms with Crippen LogP contribution in [0.4, 0.5) is 0 Å². The number of para-hydroxylation sites is 12. The first-order valence-corrected chi connectivity index (χ1v) is 25.4. The summed E-state index contributed by atoms with van der Waals surface area (Å²) in [6, 6.07) is 99.9. The third kappa shape index (κ3) is 57.1. The molecular formula is C72H60O12Zr3. The molecule has 0 bridgehead atoms. The van der Waals surface area contributed by atoms with Crippen molar-refractivity contribution in [1.82, 2.24) is 0 Å². The van der Waals surface area contributed by atoms with Crippen LogP contribution in [-0.2, 0) is 78.6 Å². The van der Waals surface area contributed by atoms with E-state index in [0.717, 1.165) is 0 Å². The van der Waals surface area contributed by atoms with Gasteiger partial charge < -0.3 is 61.3 Å². The number of hydrogen-bond donors (Lipinski definition) is 0. The zero-order valence-electron chi connectivity index (χ0n) is 47.0. The Labute approximate surface area is 567 Å². The maximum Gasteiger partial charge on any atom is 4.00 e. The van der Waals surface area contributed by atoms with Crippen LogP contribution in [-0.4, -0.2) is 0 Å². The van der Waals surface area contributed by atoms with Crippen molar-refractivity contribution in [3.8, 4) is 69.0 Å². The van der Waals surface area contributed by atoms with Crippen LogP contribution in [0.1, 0.15) is 0 Å². The van der Waals surface area contributed by atoms with Gasteiger partial charge in [0.2, 0.25) is 0 Å². The van der Waals surface area contributed by atoms with Gasteiger partial charge in [-0.3, -0.25) is 0 Å². The number of benzene rings is 12. The van der Waals surface area contributed by atoms with Gasteiger partial charge in [-0.1, -0.05) is 364 Å². The van der Waals surface area contributed by atoms with Gasteiger partial charge >= 0.3 is 78.6 Å². The quantitative estimate of drug-likeness (QED) is 0.137. The summed E-state index contributed by atoms with van der Waals surface area (Å²) in [7, 11) is 0. The molecule has 0 fully saturated rings. The molecule has 12 aromatic carbocycles. The summed E-state index contributed by atoms with van der Waals surface area (Å²) >= 11 is 0. The van der Waals surface area contributed by atoms with Gasteiger partial charge in [0.25, 0.3) is 0 Å². The second kappa shape index (κ2) is 58.7. The van der Waals surface area contributed by atoms with Crippen LogP contribution in [0.2, 0.25) is 0 Å². The van der Waals surface area contributed by atoms with E-state index in [-0.39, 0.29) is 148 Å².